The van der Waals surface area contributed by atoms with E-state index in [0.717, 1.165) is 30.5 Å². The Morgan fingerprint density at radius 1 is 1.29 bits per heavy atom. The molecule has 1 saturated heterocycles. The third-order valence-electron chi connectivity index (χ3n) is 2.49. The largest absolute Gasteiger partial charge is 0.373 e. The highest BCUT2D eigenvalue weighted by atomic mass is 15.3. The van der Waals surface area contributed by atoms with Gasteiger partial charge in [0.05, 0.1) is 0 Å². The van der Waals surface area contributed by atoms with Crippen LogP contribution < -0.4 is 10.2 Å². The summed E-state index contributed by atoms with van der Waals surface area (Å²) in [6.07, 6.45) is 2.51. The number of nitrogens with zero attached hydrogens (tertiary/aromatic N) is 3. The number of aromatic nitrogens is 2. The van der Waals surface area contributed by atoms with Crippen molar-refractivity contribution in [2.24, 2.45) is 0 Å². The molecule has 0 spiro atoms. The molecule has 0 aliphatic carbocycles. The second-order valence-electron chi connectivity index (χ2n) is 3.64. The SMILES string of the molecule is CNc1cc(C)nc(N2CCCC2)n1. The molecule has 76 valence electrons. The van der Waals surface area contributed by atoms with Crippen LogP contribution in [0.4, 0.5) is 11.8 Å². The van der Waals surface area contributed by atoms with Gasteiger partial charge in [-0.3, -0.25) is 0 Å². The minimum Gasteiger partial charge on any atom is -0.373 e. The second kappa shape index (κ2) is 3.82. The fourth-order valence-corrected chi connectivity index (χ4v) is 1.74. The molecular weight excluding hydrogens is 176 g/mol. The van der Waals surface area contributed by atoms with Gasteiger partial charge in [-0.15, -0.1) is 0 Å². The van der Waals surface area contributed by atoms with Crippen molar-refractivity contribution in [1.29, 1.82) is 0 Å². The van der Waals surface area contributed by atoms with Gasteiger partial charge in [0.2, 0.25) is 5.95 Å². The van der Waals surface area contributed by atoms with Crippen molar-refractivity contribution in [3.8, 4) is 0 Å². The van der Waals surface area contributed by atoms with Gasteiger partial charge >= 0.3 is 0 Å². The Morgan fingerprint density at radius 2 is 2.00 bits per heavy atom. The van der Waals surface area contributed by atoms with E-state index in [1.807, 2.05) is 20.0 Å². The molecule has 2 heterocycles. The van der Waals surface area contributed by atoms with Crippen LogP contribution in [0.2, 0.25) is 0 Å². The zero-order valence-electron chi connectivity index (χ0n) is 8.75. The monoisotopic (exact) mass is 192 g/mol. The van der Waals surface area contributed by atoms with Crippen LogP contribution in [0.15, 0.2) is 6.07 Å². The minimum atomic E-state index is 0.867. The molecule has 0 bridgehead atoms. The molecule has 1 aliphatic rings. The lowest BCUT2D eigenvalue weighted by atomic mass is 10.4. The predicted octanol–water partition coefficient (Wildman–Crippen LogP) is 1.43. The van der Waals surface area contributed by atoms with Crippen molar-refractivity contribution >= 4 is 11.8 Å². The first-order chi connectivity index (χ1) is 6.79. The molecule has 4 heteroatoms. The van der Waals surface area contributed by atoms with Gasteiger partial charge in [-0.25, -0.2) is 4.98 Å². The molecule has 1 aromatic heterocycles. The van der Waals surface area contributed by atoms with Gasteiger partial charge in [-0.1, -0.05) is 0 Å². The first-order valence-electron chi connectivity index (χ1n) is 5.08. The van der Waals surface area contributed by atoms with E-state index in [4.69, 9.17) is 0 Å². The van der Waals surface area contributed by atoms with Gasteiger partial charge in [-0.2, -0.15) is 4.98 Å². The Kier molecular flexibility index (Phi) is 2.52. The number of hydrogen-bond donors (Lipinski definition) is 1. The molecule has 0 unspecified atom stereocenters. The van der Waals surface area contributed by atoms with Crippen LogP contribution in [0.1, 0.15) is 18.5 Å². The van der Waals surface area contributed by atoms with E-state index < -0.39 is 0 Å². The average molecular weight is 192 g/mol. The third-order valence-corrected chi connectivity index (χ3v) is 2.49. The molecule has 0 amide bonds. The lowest BCUT2D eigenvalue weighted by Gasteiger charge is -2.16. The molecule has 1 N–H and O–H groups in total. The Hall–Kier alpha value is -1.32. The number of hydrogen-bond acceptors (Lipinski definition) is 4. The van der Waals surface area contributed by atoms with Crippen molar-refractivity contribution in [2.75, 3.05) is 30.4 Å². The van der Waals surface area contributed by atoms with Crippen LogP contribution in [-0.4, -0.2) is 30.1 Å². The molecule has 14 heavy (non-hydrogen) atoms. The first kappa shape index (κ1) is 9.24. The summed E-state index contributed by atoms with van der Waals surface area (Å²) in [5, 5.41) is 3.05. The van der Waals surface area contributed by atoms with Gasteiger partial charge < -0.3 is 10.2 Å². The van der Waals surface area contributed by atoms with Gasteiger partial charge in [0.1, 0.15) is 5.82 Å². The molecule has 1 fully saturated rings. The topological polar surface area (TPSA) is 41.1 Å². The standard InChI is InChI=1S/C10H16N4/c1-8-7-9(11-2)13-10(12-8)14-5-3-4-6-14/h7H,3-6H2,1-2H3,(H,11,12,13). The second-order valence-corrected chi connectivity index (χ2v) is 3.64. The molecule has 1 aliphatic heterocycles. The Bertz CT molecular complexity index is 318. The summed E-state index contributed by atoms with van der Waals surface area (Å²) >= 11 is 0. The summed E-state index contributed by atoms with van der Waals surface area (Å²) in [7, 11) is 1.88. The van der Waals surface area contributed by atoms with Crippen molar-refractivity contribution in [2.45, 2.75) is 19.8 Å². The van der Waals surface area contributed by atoms with Crippen molar-refractivity contribution in [3.63, 3.8) is 0 Å². The smallest absolute Gasteiger partial charge is 0.227 e. The number of rotatable bonds is 2. The molecule has 0 atom stereocenters. The summed E-state index contributed by atoms with van der Waals surface area (Å²) in [5.41, 5.74) is 1.02. The van der Waals surface area contributed by atoms with E-state index in [1.54, 1.807) is 0 Å². The van der Waals surface area contributed by atoms with Gasteiger partial charge in [0.15, 0.2) is 0 Å². The molecule has 1 aromatic rings. The predicted molar refractivity (Wildman–Crippen MR) is 57.8 cm³/mol. The Labute approximate surface area is 84.4 Å². The lowest BCUT2D eigenvalue weighted by molar-refractivity contribution is 0.890. The number of nitrogens with one attached hydrogen (secondary N) is 1. The normalized spacial score (nSPS) is 16.0. The fourth-order valence-electron chi connectivity index (χ4n) is 1.74. The molecular formula is C10H16N4. The summed E-state index contributed by atoms with van der Waals surface area (Å²) in [6, 6.07) is 1.96. The molecule has 0 saturated carbocycles. The zero-order chi connectivity index (χ0) is 9.97. The minimum absolute atomic E-state index is 0.867. The average Bonchev–Trinajstić information content (AvgIpc) is 2.69. The van der Waals surface area contributed by atoms with Gasteiger partial charge in [-0.05, 0) is 19.8 Å². The van der Waals surface area contributed by atoms with Crippen LogP contribution in [-0.2, 0) is 0 Å². The van der Waals surface area contributed by atoms with Crippen molar-refractivity contribution in [1.82, 2.24) is 9.97 Å². The van der Waals surface area contributed by atoms with E-state index >= 15 is 0 Å². The fraction of sp³-hybridized carbons (Fsp3) is 0.600. The summed E-state index contributed by atoms with van der Waals surface area (Å²) in [4.78, 5) is 11.1. The number of anilines is 2. The maximum atomic E-state index is 4.44. The van der Waals surface area contributed by atoms with E-state index in [0.29, 0.717) is 0 Å². The maximum absolute atomic E-state index is 4.44. The first-order valence-corrected chi connectivity index (χ1v) is 5.08. The van der Waals surface area contributed by atoms with Gasteiger partial charge in [0.25, 0.3) is 0 Å². The summed E-state index contributed by atoms with van der Waals surface area (Å²) in [6.45, 7) is 4.18. The van der Waals surface area contributed by atoms with E-state index in [9.17, 15) is 0 Å². The lowest BCUT2D eigenvalue weighted by Crippen LogP contribution is -2.21. The highest BCUT2D eigenvalue weighted by molar-refractivity contribution is 5.43. The maximum Gasteiger partial charge on any atom is 0.227 e. The van der Waals surface area contributed by atoms with Crippen molar-refractivity contribution < 1.29 is 0 Å². The zero-order valence-corrected chi connectivity index (χ0v) is 8.75. The molecule has 4 nitrogen and oxygen atoms in total. The third kappa shape index (κ3) is 1.78. The molecule has 0 aromatic carbocycles. The summed E-state index contributed by atoms with van der Waals surface area (Å²) < 4.78 is 0. The van der Waals surface area contributed by atoms with E-state index in [1.165, 1.54) is 12.8 Å². The van der Waals surface area contributed by atoms with Gasteiger partial charge in [0, 0.05) is 31.9 Å². The van der Waals surface area contributed by atoms with Crippen LogP contribution >= 0.6 is 0 Å². The summed E-state index contributed by atoms with van der Waals surface area (Å²) in [5.74, 6) is 1.77. The highest BCUT2D eigenvalue weighted by Gasteiger charge is 2.15. The molecule has 0 radical (unpaired) electrons. The van der Waals surface area contributed by atoms with Crippen molar-refractivity contribution in [3.05, 3.63) is 11.8 Å². The van der Waals surface area contributed by atoms with Crippen LogP contribution in [0.5, 0.6) is 0 Å². The van der Waals surface area contributed by atoms with Crippen LogP contribution in [0.25, 0.3) is 0 Å². The highest BCUT2D eigenvalue weighted by Crippen LogP contribution is 2.17. The van der Waals surface area contributed by atoms with Crippen LogP contribution in [0, 0.1) is 6.92 Å². The Balaban J connectivity index is 2.27. The van der Waals surface area contributed by atoms with E-state index in [-0.39, 0.29) is 0 Å². The number of aryl methyl sites for hydroxylation is 1. The molecule has 2 rings (SSSR count). The van der Waals surface area contributed by atoms with Crippen LogP contribution in [0.3, 0.4) is 0 Å². The van der Waals surface area contributed by atoms with E-state index in [2.05, 4.69) is 20.2 Å². The Morgan fingerprint density at radius 3 is 2.64 bits per heavy atom. The quantitative estimate of drug-likeness (QED) is 0.769.